The Labute approximate surface area is 157 Å². The molecular formula is C22H30N2O2. The molecule has 1 saturated heterocycles. The van der Waals surface area contributed by atoms with Crippen molar-refractivity contribution in [2.75, 3.05) is 38.2 Å². The molecule has 2 aromatic rings. The van der Waals surface area contributed by atoms with Crippen LogP contribution >= 0.6 is 0 Å². The molecule has 4 heteroatoms. The zero-order valence-corrected chi connectivity index (χ0v) is 16.3. The molecule has 0 spiro atoms. The van der Waals surface area contributed by atoms with Crippen LogP contribution in [0.5, 0.6) is 11.5 Å². The second-order valence-electron chi connectivity index (χ2n) is 7.37. The van der Waals surface area contributed by atoms with Crippen LogP contribution < -0.4 is 9.64 Å². The summed E-state index contributed by atoms with van der Waals surface area (Å²) in [5.74, 6) is 0.750. The number of benzene rings is 2. The number of hydrogen-bond acceptors (Lipinski definition) is 4. The van der Waals surface area contributed by atoms with E-state index in [2.05, 4.69) is 48.8 Å². The highest BCUT2D eigenvalue weighted by atomic mass is 16.5. The zero-order chi connectivity index (χ0) is 18.7. The lowest BCUT2D eigenvalue weighted by molar-refractivity contribution is 0.196. The van der Waals surface area contributed by atoms with E-state index in [0.29, 0.717) is 11.8 Å². The van der Waals surface area contributed by atoms with E-state index < -0.39 is 0 Å². The number of phenols is 1. The van der Waals surface area contributed by atoms with Crippen molar-refractivity contribution in [3.63, 3.8) is 0 Å². The third-order valence-electron chi connectivity index (χ3n) is 5.42. The smallest absolute Gasteiger partial charge is 0.160 e. The molecule has 2 aromatic carbocycles. The molecule has 0 bridgehead atoms. The van der Waals surface area contributed by atoms with Gasteiger partial charge in [0.1, 0.15) is 0 Å². The van der Waals surface area contributed by atoms with Crippen LogP contribution in [-0.2, 0) is 6.42 Å². The maximum Gasteiger partial charge on any atom is 0.160 e. The van der Waals surface area contributed by atoms with E-state index in [1.807, 2.05) is 12.1 Å². The van der Waals surface area contributed by atoms with Crippen LogP contribution in [0, 0.1) is 13.8 Å². The van der Waals surface area contributed by atoms with E-state index in [0.717, 1.165) is 32.6 Å². The number of ether oxygens (including phenoxy) is 1. The van der Waals surface area contributed by atoms with Crippen molar-refractivity contribution >= 4 is 5.69 Å². The molecule has 140 valence electrons. The first-order chi connectivity index (χ1) is 12.5. The number of methoxy groups -OCH3 is 1. The van der Waals surface area contributed by atoms with Crippen molar-refractivity contribution in [1.29, 1.82) is 0 Å². The second kappa shape index (κ2) is 8.00. The highest BCUT2D eigenvalue weighted by molar-refractivity contribution is 5.55. The molecule has 1 N–H and O–H groups in total. The summed E-state index contributed by atoms with van der Waals surface area (Å²) in [6.07, 6.45) is 0.958. The first-order valence-electron chi connectivity index (χ1n) is 9.40. The molecule has 1 aliphatic rings. The second-order valence-corrected chi connectivity index (χ2v) is 7.37. The predicted molar refractivity (Wildman–Crippen MR) is 108 cm³/mol. The van der Waals surface area contributed by atoms with Gasteiger partial charge in [0.2, 0.25) is 0 Å². The Bertz CT molecular complexity index is 752. The lowest BCUT2D eigenvalue weighted by Crippen LogP contribution is -2.50. The molecular weight excluding hydrogens is 324 g/mol. The van der Waals surface area contributed by atoms with Crippen LogP contribution in [0.2, 0.25) is 0 Å². The van der Waals surface area contributed by atoms with Crippen molar-refractivity contribution < 1.29 is 9.84 Å². The molecule has 0 amide bonds. The van der Waals surface area contributed by atoms with Crippen molar-refractivity contribution in [1.82, 2.24) is 4.90 Å². The van der Waals surface area contributed by atoms with Gasteiger partial charge < -0.3 is 14.7 Å². The van der Waals surface area contributed by atoms with Crippen LogP contribution in [0.15, 0.2) is 36.4 Å². The van der Waals surface area contributed by atoms with Crippen LogP contribution in [0.3, 0.4) is 0 Å². The van der Waals surface area contributed by atoms with E-state index in [1.54, 1.807) is 13.2 Å². The molecule has 1 heterocycles. The van der Waals surface area contributed by atoms with Gasteiger partial charge in [-0.25, -0.2) is 0 Å². The van der Waals surface area contributed by atoms with E-state index in [4.69, 9.17) is 4.74 Å². The lowest BCUT2D eigenvalue weighted by Gasteiger charge is -2.40. The topological polar surface area (TPSA) is 35.9 Å². The largest absolute Gasteiger partial charge is 0.504 e. The first-order valence-corrected chi connectivity index (χ1v) is 9.40. The van der Waals surface area contributed by atoms with Crippen molar-refractivity contribution in [3.05, 3.63) is 53.1 Å². The van der Waals surface area contributed by atoms with E-state index >= 15 is 0 Å². The Morgan fingerprint density at radius 3 is 2.46 bits per heavy atom. The number of anilines is 1. The molecule has 1 atom stereocenters. The molecule has 4 nitrogen and oxygen atoms in total. The zero-order valence-electron chi connectivity index (χ0n) is 16.3. The summed E-state index contributed by atoms with van der Waals surface area (Å²) in [5.41, 5.74) is 5.25. The standard InChI is InChI=1S/C22H30N2O2/c1-16-5-6-17(2)20(13-16)24-11-9-23(10-12-24)18(3)14-19-7-8-21(25)22(15-19)26-4/h5-8,13,15,18,25H,9-12,14H2,1-4H3. The summed E-state index contributed by atoms with van der Waals surface area (Å²) in [5, 5.41) is 9.76. The molecule has 3 rings (SSSR count). The summed E-state index contributed by atoms with van der Waals surface area (Å²) >= 11 is 0. The van der Waals surface area contributed by atoms with Crippen molar-refractivity contribution in [2.24, 2.45) is 0 Å². The minimum atomic E-state index is 0.200. The number of piperazine rings is 1. The van der Waals surface area contributed by atoms with Crippen LogP contribution in [0.25, 0.3) is 0 Å². The molecule has 1 fully saturated rings. The van der Waals surface area contributed by atoms with Crippen molar-refractivity contribution in [3.8, 4) is 11.5 Å². The van der Waals surface area contributed by atoms with E-state index in [1.165, 1.54) is 22.4 Å². The summed E-state index contributed by atoms with van der Waals surface area (Å²) < 4.78 is 5.23. The van der Waals surface area contributed by atoms with E-state index in [-0.39, 0.29) is 5.75 Å². The fourth-order valence-corrected chi connectivity index (χ4v) is 3.78. The van der Waals surface area contributed by atoms with Gasteiger partial charge in [-0.1, -0.05) is 18.2 Å². The normalized spacial score (nSPS) is 16.5. The van der Waals surface area contributed by atoms with Gasteiger partial charge in [0.05, 0.1) is 7.11 Å². The van der Waals surface area contributed by atoms with Gasteiger partial charge in [-0.05, 0) is 62.1 Å². The number of aromatic hydroxyl groups is 1. The van der Waals surface area contributed by atoms with Crippen molar-refractivity contribution in [2.45, 2.75) is 33.2 Å². The maximum atomic E-state index is 9.76. The third-order valence-corrected chi connectivity index (χ3v) is 5.42. The SMILES string of the molecule is COc1cc(CC(C)N2CCN(c3cc(C)ccc3C)CC2)ccc1O. The van der Waals surface area contributed by atoms with Gasteiger partial charge in [-0.3, -0.25) is 4.90 Å². The fraction of sp³-hybridized carbons (Fsp3) is 0.455. The monoisotopic (exact) mass is 354 g/mol. The summed E-state index contributed by atoms with van der Waals surface area (Å²) in [6.45, 7) is 10.9. The minimum absolute atomic E-state index is 0.200. The Kier molecular flexibility index (Phi) is 5.72. The Morgan fingerprint density at radius 2 is 1.77 bits per heavy atom. The summed E-state index contributed by atoms with van der Waals surface area (Å²) in [6, 6.07) is 12.8. The number of hydrogen-bond donors (Lipinski definition) is 1. The maximum absolute atomic E-state index is 9.76. The van der Waals surface area contributed by atoms with Crippen LogP contribution in [-0.4, -0.2) is 49.3 Å². The average Bonchev–Trinajstić information content (AvgIpc) is 2.65. The Hall–Kier alpha value is -2.20. The molecule has 26 heavy (non-hydrogen) atoms. The van der Waals surface area contributed by atoms with E-state index in [9.17, 15) is 5.11 Å². The Morgan fingerprint density at radius 1 is 1.04 bits per heavy atom. The molecule has 0 radical (unpaired) electrons. The fourth-order valence-electron chi connectivity index (χ4n) is 3.78. The van der Waals surface area contributed by atoms with Gasteiger partial charge in [0.15, 0.2) is 11.5 Å². The number of nitrogens with zero attached hydrogens (tertiary/aromatic N) is 2. The van der Waals surface area contributed by atoms with Gasteiger partial charge in [-0.2, -0.15) is 0 Å². The molecule has 0 aromatic heterocycles. The number of phenolic OH excluding ortho intramolecular Hbond substituents is 1. The van der Waals surface area contributed by atoms with Gasteiger partial charge >= 0.3 is 0 Å². The molecule has 1 unspecified atom stereocenters. The lowest BCUT2D eigenvalue weighted by atomic mass is 10.0. The predicted octanol–water partition coefficient (Wildman–Crippen LogP) is 3.77. The van der Waals surface area contributed by atoms with Crippen LogP contribution in [0.4, 0.5) is 5.69 Å². The van der Waals surface area contributed by atoms with Gasteiger partial charge in [0, 0.05) is 37.9 Å². The summed E-state index contributed by atoms with van der Waals surface area (Å²) in [7, 11) is 1.59. The summed E-state index contributed by atoms with van der Waals surface area (Å²) in [4.78, 5) is 5.07. The van der Waals surface area contributed by atoms with Gasteiger partial charge in [0.25, 0.3) is 0 Å². The highest BCUT2D eigenvalue weighted by Gasteiger charge is 2.22. The molecule has 0 saturated carbocycles. The molecule has 0 aliphatic carbocycles. The Balaban J connectivity index is 1.60. The third kappa shape index (κ3) is 4.13. The quantitative estimate of drug-likeness (QED) is 0.887. The minimum Gasteiger partial charge on any atom is -0.504 e. The van der Waals surface area contributed by atoms with Gasteiger partial charge in [-0.15, -0.1) is 0 Å². The van der Waals surface area contributed by atoms with Crippen LogP contribution in [0.1, 0.15) is 23.6 Å². The number of rotatable bonds is 5. The number of aryl methyl sites for hydroxylation is 2. The first kappa shape index (κ1) is 18.6. The molecule has 1 aliphatic heterocycles. The average molecular weight is 354 g/mol. The highest BCUT2D eigenvalue weighted by Crippen LogP contribution is 2.28.